The van der Waals surface area contributed by atoms with Crippen molar-refractivity contribution in [3.8, 4) is 0 Å². The Balaban J connectivity index is 1.62. The van der Waals surface area contributed by atoms with Gasteiger partial charge in [0, 0.05) is 17.8 Å². The van der Waals surface area contributed by atoms with Crippen molar-refractivity contribution >= 4 is 35.1 Å². The Bertz CT molecular complexity index is 1010. The van der Waals surface area contributed by atoms with E-state index in [1.807, 2.05) is 0 Å². The number of nitro benzene ring substituents is 1. The lowest BCUT2D eigenvalue weighted by Gasteiger charge is -2.22. The molecule has 1 aliphatic heterocycles. The number of benzene rings is 2. The van der Waals surface area contributed by atoms with E-state index in [0.29, 0.717) is 0 Å². The third-order valence-corrected chi connectivity index (χ3v) is 4.56. The molecule has 0 saturated heterocycles. The van der Waals surface area contributed by atoms with Crippen LogP contribution < -0.4 is 5.32 Å². The number of nitro groups is 1. The number of hydrogen-bond acceptors (Lipinski definition) is 7. The van der Waals surface area contributed by atoms with E-state index in [4.69, 9.17) is 4.74 Å². The average molecular weight is 411 g/mol. The van der Waals surface area contributed by atoms with Crippen LogP contribution >= 0.6 is 0 Å². The van der Waals surface area contributed by atoms with Gasteiger partial charge in [0.2, 0.25) is 0 Å². The van der Waals surface area contributed by atoms with Gasteiger partial charge >= 0.3 is 5.97 Å². The molecule has 2 aromatic rings. The summed E-state index contributed by atoms with van der Waals surface area (Å²) < 4.78 is 5.11. The van der Waals surface area contributed by atoms with Gasteiger partial charge in [0.15, 0.2) is 6.10 Å². The Morgan fingerprint density at radius 3 is 2.03 bits per heavy atom. The Kier molecular flexibility index (Phi) is 5.58. The molecule has 3 rings (SSSR count). The number of anilines is 1. The number of rotatable bonds is 6. The van der Waals surface area contributed by atoms with Crippen molar-refractivity contribution in [2.45, 2.75) is 26.0 Å². The molecule has 2 atom stereocenters. The lowest BCUT2D eigenvalue weighted by molar-refractivity contribution is -0.384. The molecule has 0 aliphatic carbocycles. The van der Waals surface area contributed by atoms with Crippen LogP contribution in [0.1, 0.15) is 34.6 Å². The zero-order chi connectivity index (χ0) is 22.0. The topological polar surface area (TPSA) is 136 Å². The molecule has 10 heteroatoms. The Morgan fingerprint density at radius 1 is 1.00 bits per heavy atom. The molecule has 30 heavy (non-hydrogen) atoms. The van der Waals surface area contributed by atoms with Gasteiger partial charge < -0.3 is 10.1 Å². The van der Waals surface area contributed by atoms with E-state index in [1.54, 1.807) is 12.1 Å². The minimum Gasteiger partial charge on any atom is -0.451 e. The average Bonchev–Trinajstić information content (AvgIpc) is 2.98. The summed E-state index contributed by atoms with van der Waals surface area (Å²) in [6.45, 7) is 2.67. The third kappa shape index (κ3) is 3.88. The zero-order valence-corrected chi connectivity index (χ0v) is 16.0. The molecule has 3 amide bonds. The molecule has 2 unspecified atom stereocenters. The lowest BCUT2D eigenvalue weighted by atomic mass is 10.1. The molecule has 154 valence electrons. The zero-order valence-electron chi connectivity index (χ0n) is 16.0. The molecule has 0 aromatic heterocycles. The van der Waals surface area contributed by atoms with Crippen LogP contribution in [0.2, 0.25) is 0 Å². The largest absolute Gasteiger partial charge is 0.451 e. The monoisotopic (exact) mass is 411 g/mol. The van der Waals surface area contributed by atoms with Crippen LogP contribution in [0.3, 0.4) is 0 Å². The standard InChI is InChI=1S/C20H17N3O7/c1-11(22-18(25)15-5-3-4-6-16(15)19(22)26)20(27)30-12(2)17(24)21-13-7-9-14(10-8-13)23(28)29/h3-12H,1-2H3,(H,21,24). The fourth-order valence-corrected chi connectivity index (χ4v) is 2.90. The van der Waals surface area contributed by atoms with Gasteiger partial charge in [0.25, 0.3) is 23.4 Å². The number of imide groups is 1. The van der Waals surface area contributed by atoms with Gasteiger partial charge in [-0.3, -0.25) is 29.4 Å². The normalized spacial score (nSPS) is 14.7. The second-order valence-corrected chi connectivity index (χ2v) is 6.57. The number of amides is 3. The number of hydrogen-bond donors (Lipinski definition) is 1. The predicted octanol–water partition coefficient (Wildman–Crippen LogP) is 2.15. The van der Waals surface area contributed by atoms with Gasteiger partial charge in [-0.05, 0) is 38.1 Å². The van der Waals surface area contributed by atoms with Crippen LogP contribution in [0.4, 0.5) is 11.4 Å². The SMILES string of the molecule is CC(OC(=O)C(C)N1C(=O)c2ccccc2C1=O)C(=O)Nc1ccc([N+](=O)[O-])cc1. The van der Waals surface area contributed by atoms with Crippen molar-refractivity contribution in [1.29, 1.82) is 0 Å². The molecule has 1 N–H and O–H groups in total. The maximum Gasteiger partial charge on any atom is 0.329 e. The van der Waals surface area contributed by atoms with Gasteiger partial charge in [-0.2, -0.15) is 0 Å². The minimum atomic E-state index is -1.23. The van der Waals surface area contributed by atoms with E-state index in [2.05, 4.69) is 5.32 Å². The summed E-state index contributed by atoms with van der Waals surface area (Å²) in [4.78, 5) is 60.5. The van der Waals surface area contributed by atoms with Crippen molar-refractivity contribution in [2.24, 2.45) is 0 Å². The molecule has 1 heterocycles. The second-order valence-electron chi connectivity index (χ2n) is 6.57. The highest BCUT2D eigenvalue weighted by atomic mass is 16.6. The van der Waals surface area contributed by atoms with E-state index in [9.17, 15) is 29.3 Å². The van der Waals surface area contributed by atoms with Crippen LogP contribution in [0.5, 0.6) is 0 Å². The molecule has 10 nitrogen and oxygen atoms in total. The Morgan fingerprint density at radius 2 is 1.53 bits per heavy atom. The number of non-ortho nitro benzene ring substituents is 1. The highest BCUT2D eigenvalue weighted by molar-refractivity contribution is 6.22. The van der Waals surface area contributed by atoms with Crippen LogP contribution in [0, 0.1) is 10.1 Å². The highest BCUT2D eigenvalue weighted by Crippen LogP contribution is 2.25. The van der Waals surface area contributed by atoms with Gasteiger partial charge in [0.1, 0.15) is 6.04 Å². The summed E-state index contributed by atoms with van der Waals surface area (Å²) in [5.74, 6) is -2.81. The first-order valence-electron chi connectivity index (χ1n) is 8.93. The number of fused-ring (bicyclic) bond motifs is 1. The van der Waals surface area contributed by atoms with Crippen molar-refractivity contribution in [3.63, 3.8) is 0 Å². The predicted molar refractivity (Wildman–Crippen MR) is 104 cm³/mol. The number of nitrogens with zero attached hydrogens (tertiary/aromatic N) is 2. The fourth-order valence-electron chi connectivity index (χ4n) is 2.90. The molecule has 2 aromatic carbocycles. The highest BCUT2D eigenvalue weighted by Gasteiger charge is 2.41. The third-order valence-electron chi connectivity index (χ3n) is 4.56. The molecule has 0 spiro atoms. The Labute approximate surface area is 170 Å². The van der Waals surface area contributed by atoms with Crippen molar-refractivity contribution < 1.29 is 28.8 Å². The van der Waals surface area contributed by atoms with Crippen LogP contribution in [0.25, 0.3) is 0 Å². The molecule has 0 fully saturated rings. The quantitative estimate of drug-likeness (QED) is 0.333. The maximum atomic E-state index is 12.5. The van der Waals surface area contributed by atoms with E-state index in [-0.39, 0.29) is 22.5 Å². The van der Waals surface area contributed by atoms with Crippen molar-refractivity contribution in [3.05, 3.63) is 69.8 Å². The lowest BCUT2D eigenvalue weighted by Crippen LogP contribution is -2.45. The molecule has 1 aliphatic rings. The number of nitrogens with one attached hydrogen (secondary N) is 1. The van der Waals surface area contributed by atoms with Gasteiger partial charge in [-0.15, -0.1) is 0 Å². The summed E-state index contributed by atoms with van der Waals surface area (Å²) in [5, 5.41) is 13.1. The van der Waals surface area contributed by atoms with Crippen LogP contribution in [-0.4, -0.2) is 45.7 Å². The summed E-state index contributed by atoms with van der Waals surface area (Å²) >= 11 is 0. The number of carbonyl (C=O) groups is 4. The summed E-state index contributed by atoms with van der Waals surface area (Å²) in [6.07, 6.45) is -1.23. The maximum absolute atomic E-state index is 12.5. The Hall–Kier alpha value is -4.08. The number of carbonyl (C=O) groups excluding carboxylic acids is 4. The van der Waals surface area contributed by atoms with Gasteiger partial charge in [0.05, 0.1) is 16.1 Å². The van der Waals surface area contributed by atoms with Crippen LogP contribution in [-0.2, 0) is 14.3 Å². The first-order valence-corrected chi connectivity index (χ1v) is 8.93. The number of esters is 1. The first kappa shape index (κ1) is 20.6. The van der Waals surface area contributed by atoms with E-state index < -0.39 is 40.8 Å². The number of ether oxygens (including phenoxy) is 1. The second kappa shape index (κ2) is 8.11. The van der Waals surface area contributed by atoms with Gasteiger partial charge in [-0.1, -0.05) is 12.1 Å². The molecular weight excluding hydrogens is 394 g/mol. The molecule has 0 radical (unpaired) electrons. The van der Waals surface area contributed by atoms with E-state index in [1.165, 1.54) is 50.2 Å². The molecule has 0 bridgehead atoms. The van der Waals surface area contributed by atoms with E-state index >= 15 is 0 Å². The minimum absolute atomic E-state index is 0.137. The fraction of sp³-hybridized carbons (Fsp3) is 0.200. The first-order chi connectivity index (χ1) is 14.2. The van der Waals surface area contributed by atoms with E-state index in [0.717, 1.165) is 4.90 Å². The van der Waals surface area contributed by atoms with Crippen molar-refractivity contribution in [1.82, 2.24) is 4.90 Å². The van der Waals surface area contributed by atoms with Crippen LogP contribution in [0.15, 0.2) is 48.5 Å². The van der Waals surface area contributed by atoms with Crippen molar-refractivity contribution in [2.75, 3.05) is 5.32 Å². The molecular formula is C20H17N3O7. The molecule has 0 saturated carbocycles. The van der Waals surface area contributed by atoms with Gasteiger partial charge in [-0.25, -0.2) is 4.79 Å². The summed E-state index contributed by atoms with van der Waals surface area (Å²) in [6, 6.07) is 10.1. The summed E-state index contributed by atoms with van der Waals surface area (Å²) in [7, 11) is 0. The summed E-state index contributed by atoms with van der Waals surface area (Å²) in [5.41, 5.74) is 0.543. The smallest absolute Gasteiger partial charge is 0.329 e.